The minimum atomic E-state index is -0.587. The van der Waals surface area contributed by atoms with Gasteiger partial charge in [-0.15, -0.1) is 11.8 Å². The van der Waals surface area contributed by atoms with Crippen LogP contribution < -0.4 is 0 Å². The van der Waals surface area contributed by atoms with Crippen LogP contribution in [0.5, 0.6) is 0 Å². The van der Waals surface area contributed by atoms with Crippen molar-refractivity contribution < 1.29 is 9.84 Å². The quantitative estimate of drug-likeness (QED) is 0.653. The first-order valence-corrected chi connectivity index (χ1v) is 9.47. The molecule has 4 rings (SSSR count). The van der Waals surface area contributed by atoms with Crippen molar-refractivity contribution in [2.45, 2.75) is 10.9 Å². The summed E-state index contributed by atoms with van der Waals surface area (Å²) in [7, 11) is 0. The van der Waals surface area contributed by atoms with Crippen LogP contribution in [0.25, 0.3) is 0 Å². The van der Waals surface area contributed by atoms with Crippen molar-refractivity contribution in [3.63, 3.8) is 0 Å². The molecule has 3 aromatic rings. The zero-order chi connectivity index (χ0) is 17.8. The number of ether oxygens (including phenoxy) is 1. The molecular formula is C23H20O2S. The maximum Gasteiger partial charge on any atom is 0.122 e. The minimum absolute atomic E-state index is 0.316. The topological polar surface area (TPSA) is 29.5 Å². The van der Waals surface area contributed by atoms with Gasteiger partial charge in [-0.05, 0) is 16.7 Å². The number of hydrogen-bond donors (Lipinski definition) is 1. The summed E-state index contributed by atoms with van der Waals surface area (Å²) >= 11 is 1.65. The van der Waals surface area contributed by atoms with Gasteiger partial charge >= 0.3 is 0 Å². The average molecular weight is 360 g/mol. The lowest BCUT2D eigenvalue weighted by Gasteiger charge is -2.36. The molecule has 0 radical (unpaired) electrons. The van der Waals surface area contributed by atoms with E-state index in [9.17, 15) is 5.11 Å². The lowest BCUT2D eigenvalue weighted by molar-refractivity contribution is 0.145. The second kappa shape index (κ2) is 7.40. The highest BCUT2D eigenvalue weighted by atomic mass is 32.2. The Bertz CT molecular complexity index is 779. The van der Waals surface area contributed by atoms with E-state index in [1.54, 1.807) is 18.0 Å². The molecule has 3 heteroatoms. The van der Waals surface area contributed by atoms with Crippen LogP contribution in [-0.4, -0.2) is 17.8 Å². The summed E-state index contributed by atoms with van der Waals surface area (Å²) in [6.07, 6.45) is 1.11. The predicted molar refractivity (Wildman–Crippen MR) is 107 cm³/mol. The van der Waals surface area contributed by atoms with Crippen LogP contribution >= 0.6 is 11.8 Å². The Morgan fingerprint density at radius 1 is 0.731 bits per heavy atom. The Hall–Kier alpha value is -2.49. The van der Waals surface area contributed by atoms with Crippen molar-refractivity contribution in [2.24, 2.45) is 0 Å². The molecule has 1 heterocycles. The fourth-order valence-electron chi connectivity index (χ4n) is 3.35. The first-order chi connectivity index (χ1) is 12.8. The molecule has 1 atom stereocenters. The molecule has 0 fully saturated rings. The Morgan fingerprint density at radius 2 is 1.15 bits per heavy atom. The SMILES string of the molecule is OC1COC=C1SC(c1ccccc1)(c1ccccc1)c1ccccc1. The monoisotopic (exact) mass is 360 g/mol. The Balaban J connectivity index is 1.97. The molecule has 0 saturated heterocycles. The van der Waals surface area contributed by atoms with E-state index in [0.29, 0.717) is 6.61 Å². The Labute approximate surface area is 158 Å². The van der Waals surface area contributed by atoms with Gasteiger partial charge in [0.1, 0.15) is 12.7 Å². The van der Waals surface area contributed by atoms with Gasteiger partial charge in [0.2, 0.25) is 0 Å². The molecule has 0 aromatic heterocycles. The molecule has 1 unspecified atom stereocenters. The number of thioether (sulfide) groups is 1. The Kier molecular flexibility index (Phi) is 4.83. The third-order valence-corrected chi connectivity index (χ3v) is 6.21. The zero-order valence-corrected chi connectivity index (χ0v) is 15.1. The summed E-state index contributed by atoms with van der Waals surface area (Å²) in [5.41, 5.74) is 3.51. The maximum atomic E-state index is 10.4. The van der Waals surface area contributed by atoms with E-state index in [0.717, 1.165) is 4.91 Å². The highest BCUT2D eigenvalue weighted by Gasteiger charge is 2.40. The minimum Gasteiger partial charge on any atom is -0.497 e. The van der Waals surface area contributed by atoms with Crippen LogP contribution in [0, 0.1) is 0 Å². The maximum absolute atomic E-state index is 10.4. The summed E-state index contributed by atoms with van der Waals surface area (Å²) in [5, 5.41) is 10.4. The molecule has 2 nitrogen and oxygen atoms in total. The van der Waals surface area contributed by atoms with Crippen LogP contribution in [0.15, 0.2) is 102 Å². The van der Waals surface area contributed by atoms with Gasteiger partial charge in [-0.1, -0.05) is 91.0 Å². The summed E-state index contributed by atoms with van der Waals surface area (Å²) in [6.45, 7) is 0.316. The zero-order valence-electron chi connectivity index (χ0n) is 14.3. The smallest absolute Gasteiger partial charge is 0.122 e. The van der Waals surface area contributed by atoms with Crippen LogP contribution in [0.2, 0.25) is 0 Å². The van der Waals surface area contributed by atoms with E-state index in [2.05, 4.69) is 72.8 Å². The highest BCUT2D eigenvalue weighted by molar-refractivity contribution is 8.04. The molecule has 0 aliphatic carbocycles. The molecule has 3 aromatic carbocycles. The second-order valence-electron chi connectivity index (χ2n) is 6.25. The van der Waals surface area contributed by atoms with Crippen LogP contribution in [0.3, 0.4) is 0 Å². The fourth-order valence-corrected chi connectivity index (χ4v) is 4.78. The number of benzene rings is 3. The van der Waals surface area contributed by atoms with Gasteiger partial charge in [-0.3, -0.25) is 0 Å². The van der Waals surface area contributed by atoms with Gasteiger partial charge in [0.15, 0.2) is 0 Å². The number of aliphatic hydroxyl groups is 1. The van der Waals surface area contributed by atoms with Crippen molar-refractivity contribution in [1.82, 2.24) is 0 Å². The average Bonchev–Trinajstić information content (AvgIpc) is 3.12. The Morgan fingerprint density at radius 3 is 1.50 bits per heavy atom. The standard InChI is InChI=1S/C23H20O2S/c24-21-16-25-17-22(21)26-23(18-10-4-1-5-11-18,19-12-6-2-7-13-19)20-14-8-3-9-15-20/h1-15,17,21,24H,16H2. The summed E-state index contributed by atoms with van der Waals surface area (Å²) in [4.78, 5) is 0.849. The molecule has 1 N–H and O–H groups in total. The first kappa shape index (κ1) is 17.0. The largest absolute Gasteiger partial charge is 0.497 e. The van der Waals surface area contributed by atoms with Gasteiger partial charge in [-0.2, -0.15) is 0 Å². The van der Waals surface area contributed by atoms with Crippen molar-refractivity contribution in [1.29, 1.82) is 0 Å². The van der Waals surface area contributed by atoms with Crippen LogP contribution in [-0.2, 0) is 9.48 Å². The van der Waals surface area contributed by atoms with E-state index in [4.69, 9.17) is 4.74 Å². The van der Waals surface area contributed by atoms with Gasteiger partial charge in [0.25, 0.3) is 0 Å². The third-order valence-electron chi connectivity index (χ3n) is 4.59. The normalized spacial score (nSPS) is 16.8. The lowest BCUT2D eigenvalue weighted by atomic mass is 9.84. The molecule has 1 aliphatic rings. The molecule has 0 amide bonds. The van der Waals surface area contributed by atoms with E-state index in [1.165, 1.54) is 16.7 Å². The van der Waals surface area contributed by atoms with Crippen molar-refractivity contribution >= 4 is 11.8 Å². The molecule has 1 aliphatic heterocycles. The van der Waals surface area contributed by atoms with E-state index in [1.807, 2.05) is 18.2 Å². The molecule has 130 valence electrons. The lowest BCUT2D eigenvalue weighted by Crippen LogP contribution is -2.27. The number of aliphatic hydroxyl groups excluding tert-OH is 1. The van der Waals surface area contributed by atoms with Crippen LogP contribution in [0.4, 0.5) is 0 Å². The van der Waals surface area contributed by atoms with Gasteiger partial charge in [0, 0.05) is 0 Å². The van der Waals surface area contributed by atoms with Crippen molar-refractivity contribution in [3.8, 4) is 0 Å². The molecule has 0 bridgehead atoms. The highest BCUT2D eigenvalue weighted by Crippen LogP contribution is 2.52. The molecule has 26 heavy (non-hydrogen) atoms. The summed E-state index contributed by atoms with van der Waals surface area (Å²) in [5.74, 6) is 0. The molecule has 0 saturated carbocycles. The van der Waals surface area contributed by atoms with E-state index in [-0.39, 0.29) is 0 Å². The predicted octanol–water partition coefficient (Wildman–Crippen LogP) is 4.94. The summed E-state index contributed by atoms with van der Waals surface area (Å²) < 4.78 is 4.92. The summed E-state index contributed by atoms with van der Waals surface area (Å²) in [6, 6.07) is 31.4. The molecule has 0 spiro atoms. The third kappa shape index (κ3) is 3.05. The fraction of sp³-hybridized carbons (Fsp3) is 0.130. The van der Waals surface area contributed by atoms with Crippen molar-refractivity contribution in [2.75, 3.05) is 6.61 Å². The van der Waals surface area contributed by atoms with Gasteiger partial charge < -0.3 is 9.84 Å². The second-order valence-corrected chi connectivity index (χ2v) is 7.54. The van der Waals surface area contributed by atoms with Gasteiger partial charge in [-0.25, -0.2) is 0 Å². The van der Waals surface area contributed by atoms with Gasteiger partial charge in [0.05, 0.1) is 15.9 Å². The number of rotatable bonds is 5. The first-order valence-electron chi connectivity index (χ1n) is 8.66. The van der Waals surface area contributed by atoms with Crippen molar-refractivity contribution in [3.05, 3.63) is 119 Å². The van der Waals surface area contributed by atoms with E-state index < -0.39 is 10.9 Å². The van der Waals surface area contributed by atoms with E-state index >= 15 is 0 Å². The van der Waals surface area contributed by atoms with Crippen LogP contribution in [0.1, 0.15) is 16.7 Å². The number of hydrogen-bond acceptors (Lipinski definition) is 3. The molecular weight excluding hydrogens is 340 g/mol.